The zero-order valence-corrected chi connectivity index (χ0v) is 18.9. The molecule has 0 bridgehead atoms. The average molecular weight is 445 g/mol. The Morgan fingerprint density at radius 1 is 1.23 bits per heavy atom. The number of benzene rings is 2. The van der Waals surface area contributed by atoms with E-state index in [0.717, 1.165) is 41.7 Å². The van der Waals surface area contributed by atoms with Crippen molar-refractivity contribution in [1.82, 2.24) is 10.9 Å². The highest BCUT2D eigenvalue weighted by molar-refractivity contribution is 7.80. The number of fused-ring (bicyclic) bond motifs is 1. The second kappa shape index (κ2) is 9.30. The molecule has 1 aliphatic rings. The highest BCUT2D eigenvalue weighted by Gasteiger charge is 2.27. The van der Waals surface area contributed by atoms with Gasteiger partial charge in [-0.15, -0.1) is 0 Å². The molecule has 1 aliphatic heterocycles. The second-order valence-corrected chi connectivity index (χ2v) is 7.97. The van der Waals surface area contributed by atoms with Gasteiger partial charge < -0.3 is 25.2 Å². The van der Waals surface area contributed by atoms with Crippen LogP contribution in [0.3, 0.4) is 0 Å². The van der Waals surface area contributed by atoms with Crippen molar-refractivity contribution in [3.05, 3.63) is 41.0 Å². The third-order valence-corrected chi connectivity index (χ3v) is 5.54. The van der Waals surface area contributed by atoms with Crippen LogP contribution in [0.25, 0.3) is 0 Å². The van der Waals surface area contributed by atoms with Crippen LogP contribution in [0.15, 0.2) is 24.3 Å². The quantitative estimate of drug-likeness (QED) is 0.354. The Morgan fingerprint density at radius 2 is 1.97 bits per heavy atom. The number of carbonyl (C=O) groups excluding carboxylic acids is 1. The number of ether oxygens (including phenoxy) is 1. The summed E-state index contributed by atoms with van der Waals surface area (Å²) in [5.41, 5.74) is 8.74. The van der Waals surface area contributed by atoms with E-state index in [2.05, 4.69) is 34.9 Å². The number of amides is 1. The normalized spacial score (nSPS) is 12.5. The maximum Gasteiger partial charge on any atom is 0.273 e. The molecule has 166 valence electrons. The Morgan fingerprint density at radius 3 is 2.61 bits per heavy atom. The monoisotopic (exact) mass is 444 g/mol. The number of phenolic OH excluding ortho intramolecular Hbond substituents is 2. The van der Waals surface area contributed by atoms with Crippen molar-refractivity contribution in [2.24, 2.45) is 0 Å². The van der Waals surface area contributed by atoms with E-state index in [1.165, 1.54) is 6.07 Å². The van der Waals surface area contributed by atoms with Crippen molar-refractivity contribution in [1.29, 1.82) is 0 Å². The number of aryl methyl sites for hydroxylation is 1. The van der Waals surface area contributed by atoms with Crippen LogP contribution in [0.4, 0.5) is 11.4 Å². The summed E-state index contributed by atoms with van der Waals surface area (Å²) in [5.74, 6) is -0.115. The summed E-state index contributed by atoms with van der Waals surface area (Å²) in [6, 6.07) is 6.74. The first kappa shape index (κ1) is 22.5. The molecule has 0 unspecified atom stereocenters. The van der Waals surface area contributed by atoms with Gasteiger partial charge in [-0.3, -0.25) is 15.6 Å². The lowest BCUT2D eigenvalue weighted by atomic mass is 10.1. The Labute approximate surface area is 187 Å². The van der Waals surface area contributed by atoms with E-state index < -0.39 is 5.91 Å². The van der Waals surface area contributed by atoms with Gasteiger partial charge >= 0.3 is 0 Å². The molecule has 8 nitrogen and oxygen atoms in total. The predicted octanol–water partition coefficient (Wildman–Crippen LogP) is 3.07. The second-order valence-electron chi connectivity index (χ2n) is 7.56. The summed E-state index contributed by atoms with van der Waals surface area (Å²) < 4.78 is 5.55. The maximum atomic E-state index is 12.5. The summed E-state index contributed by atoms with van der Waals surface area (Å²) in [7, 11) is 1.66. The van der Waals surface area contributed by atoms with Gasteiger partial charge in [0.2, 0.25) is 0 Å². The lowest BCUT2D eigenvalue weighted by molar-refractivity contribution is 0.0941. The van der Waals surface area contributed by atoms with Crippen molar-refractivity contribution in [3.8, 4) is 17.2 Å². The van der Waals surface area contributed by atoms with Gasteiger partial charge in [0.15, 0.2) is 5.11 Å². The first-order valence-electron chi connectivity index (χ1n) is 10.2. The van der Waals surface area contributed by atoms with Crippen LogP contribution in [-0.4, -0.2) is 40.9 Å². The largest absolute Gasteiger partial charge is 0.508 e. The minimum Gasteiger partial charge on any atom is -0.508 e. The predicted molar refractivity (Wildman–Crippen MR) is 125 cm³/mol. The smallest absolute Gasteiger partial charge is 0.273 e. The molecule has 31 heavy (non-hydrogen) atoms. The van der Waals surface area contributed by atoms with Crippen molar-refractivity contribution in [3.63, 3.8) is 0 Å². The molecule has 9 heteroatoms. The number of phenols is 2. The number of hydrogen-bond donors (Lipinski definition) is 5. The molecular formula is C22H28N4O4S. The van der Waals surface area contributed by atoms with Gasteiger partial charge in [0, 0.05) is 29.9 Å². The number of nitrogens with zero attached hydrogens (tertiary/aromatic N) is 1. The van der Waals surface area contributed by atoms with Gasteiger partial charge in [-0.2, -0.15) is 0 Å². The van der Waals surface area contributed by atoms with E-state index in [9.17, 15) is 15.0 Å². The van der Waals surface area contributed by atoms with Crippen molar-refractivity contribution in [2.45, 2.75) is 39.7 Å². The number of thiocarbonyl (C=S) groups is 1. The minimum atomic E-state index is -0.567. The summed E-state index contributed by atoms with van der Waals surface area (Å²) >= 11 is 5.34. The van der Waals surface area contributed by atoms with Gasteiger partial charge in [0.05, 0.1) is 18.4 Å². The molecule has 1 heterocycles. The molecule has 0 radical (unpaired) electrons. The van der Waals surface area contributed by atoms with Gasteiger partial charge in [0.1, 0.15) is 17.2 Å². The minimum absolute atomic E-state index is 0.0443. The number of hydrazine groups is 1. The number of anilines is 2. The number of rotatable bonds is 5. The number of methoxy groups -OCH3 is 1. The van der Waals surface area contributed by atoms with Gasteiger partial charge in [-0.1, -0.05) is 6.92 Å². The van der Waals surface area contributed by atoms with Crippen LogP contribution in [0, 0.1) is 0 Å². The van der Waals surface area contributed by atoms with E-state index in [0.29, 0.717) is 18.0 Å². The fourth-order valence-corrected chi connectivity index (χ4v) is 3.91. The molecule has 0 saturated heterocycles. The topological polar surface area (TPSA) is 106 Å². The Balaban J connectivity index is 1.71. The van der Waals surface area contributed by atoms with Gasteiger partial charge in [-0.25, -0.2) is 0 Å². The van der Waals surface area contributed by atoms with E-state index in [1.807, 2.05) is 19.1 Å². The Hall–Kier alpha value is -3.20. The molecule has 0 spiro atoms. The summed E-state index contributed by atoms with van der Waals surface area (Å²) in [6.07, 6.45) is 1.37. The standard InChI is InChI=1S/C22H28N4O4S/c1-5-13-10-15(18(28)11-17(13)27)21(29)24-25-22(31)23-16-6-7-19(30-4)20-14(16)8-9-26(20)12(2)3/h6-7,10-12,27-28H,5,8-9H2,1-4H3,(H,24,29)(H2,23,25,31). The molecule has 0 fully saturated rings. The van der Waals surface area contributed by atoms with Crippen molar-refractivity contribution < 1.29 is 19.7 Å². The number of nitrogens with one attached hydrogen (secondary N) is 3. The molecule has 3 rings (SSSR count). The fourth-order valence-electron chi connectivity index (χ4n) is 3.75. The molecule has 0 aromatic heterocycles. The van der Waals surface area contributed by atoms with E-state index in [1.54, 1.807) is 7.11 Å². The maximum absolute atomic E-state index is 12.5. The number of carbonyl (C=O) groups is 1. The van der Waals surface area contributed by atoms with Crippen LogP contribution in [-0.2, 0) is 12.8 Å². The first-order chi connectivity index (χ1) is 14.8. The third-order valence-electron chi connectivity index (χ3n) is 5.34. The van der Waals surface area contributed by atoms with Crippen LogP contribution in [0.1, 0.15) is 42.3 Å². The van der Waals surface area contributed by atoms with Crippen LogP contribution in [0.5, 0.6) is 17.2 Å². The van der Waals surface area contributed by atoms with Crippen LogP contribution >= 0.6 is 12.2 Å². The lowest BCUT2D eigenvalue weighted by Crippen LogP contribution is -2.43. The Bertz CT molecular complexity index is 1010. The van der Waals surface area contributed by atoms with Gasteiger partial charge in [-0.05, 0) is 62.7 Å². The molecule has 0 atom stereocenters. The molecule has 2 aromatic carbocycles. The SMILES string of the molecule is CCc1cc(C(=O)NNC(=S)Nc2ccc(OC)c3c2CCN3C(C)C)c(O)cc1O. The number of aromatic hydroxyl groups is 2. The average Bonchev–Trinajstić information content (AvgIpc) is 3.18. The molecule has 1 amide bonds. The third kappa shape index (κ3) is 4.61. The molecule has 5 N–H and O–H groups in total. The van der Waals surface area contributed by atoms with Crippen molar-refractivity contribution in [2.75, 3.05) is 23.9 Å². The zero-order valence-electron chi connectivity index (χ0n) is 18.1. The van der Waals surface area contributed by atoms with E-state index >= 15 is 0 Å². The molecular weight excluding hydrogens is 416 g/mol. The van der Waals surface area contributed by atoms with Gasteiger partial charge in [0.25, 0.3) is 5.91 Å². The molecule has 2 aromatic rings. The molecule has 0 aliphatic carbocycles. The first-order valence-corrected chi connectivity index (χ1v) is 10.6. The Kier molecular flexibility index (Phi) is 6.74. The zero-order chi connectivity index (χ0) is 22.7. The van der Waals surface area contributed by atoms with E-state index in [-0.39, 0.29) is 22.2 Å². The lowest BCUT2D eigenvalue weighted by Gasteiger charge is -2.26. The van der Waals surface area contributed by atoms with Crippen LogP contribution < -0.4 is 25.8 Å². The molecule has 0 saturated carbocycles. The number of hydrogen-bond acceptors (Lipinski definition) is 6. The summed E-state index contributed by atoms with van der Waals surface area (Å²) in [5, 5.41) is 23.1. The highest BCUT2D eigenvalue weighted by Crippen LogP contribution is 2.42. The van der Waals surface area contributed by atoms with Crippen LogP contribution in [0.2, 0.25) is 0 Å². The fraction of sp³-hybridized carbons (Fsp3) is 0.364. The summed E-state index contributed by atoms with van der Waals surface area (Å²) in [4.78, 5) is 14.8. The summed E-state index contributed by atoms with van der Waals surface area (Å²) in [6.45, 7) is 7.01. The van der Waals surface area contributed by atoms with E-state index in [4.69, 9.17) is 17.0 Å². The van der Waals surface area contributed by atoms with Crippen molar-refractivity contribution >= 4 is 34.6 Å². The highest BCUT2D eigenvalue weighted by atomic mass is 32.1.